The second-order valence-corrected chi connectivity index (χ2v) is 3.82. The largest absolute Gasteiger partial charge is 0.412 e. The molecule has 0 aliphatic heterocycles. The third-order valence-electron chi connectivity index (χ3n) is 2.32. The summed E-state index contributed by atoms with van der Waals surface area (Å²) in [7, 11) is 0. The maximum absolute atomic E-state index is 13.2. The first-order chi connectivity index (χ1) is 8.97. The number of benzene rings is 1. The second-order valence-electron chi connectivity index (χ2n) is 3.82. The lowest BCUT2D eigenvalue weighted by Gasteiger charge is -2.08. The second kappa shape index (κ2) is 6.96. The van der Waals surface area contributed by atoms with Gasteiger partial charge in [0.2, 0.25) is 17.4 Å². The molecule has 0 radical (unpaired) electrons. The summed E-state index contributed by atoms with van der Waals surface area (Å²) in [6, 6.07) is 0.0384. The summed E-state index contributed by atoms with van der Waals surface area (Å²) in [5.74, 6) is -8.14. The van der Waals surface area contributed by atoms with Gasteiger partial charge in [-0.05, 0) is 6.42 Å². The summed E-state index contributed by atoms with van der Waals surface area (Å²) in [5.41, 5.74) is 0. The van der Waals surface area contributed by atoms with Gasteiger partial charge in [-0.1, -0.05) is 19.8 Å². The standard InChI is InChI=1S/C12H13F4NO2/c1-2-3-4-5-17-12(18)19-11-9(15)7(13)6-8(14)10(11)16/h6H,2-5H2,1H3,(H,17,18). The lowest BCUT2D eigenvalue weighted by Crippen LogP contribution is -2.28. The fourth-order valence-corrected chi connectivity index (χ4v) is 1.34. The highest BCUT2D eigenvalue weighted by molar-refractivity contribution is 5.70. The van der Waals surface area contributed by atoms with E-state index in [0.717, 1.165) is 12.8 Å². The number of hydrogen-bond acceptors (Lipinski definition) is 2. The van der Waals surface area contributed by atoms with Crippen LogP contribution < -0.4 is 10.1 Å². The van der Waals surface area contributed by atoms with Crippen LogP contribution in [0.2, 0.25) is 0 Å². The zero-order valence-corrected chi connectivity index (χ0v) is 10.2. The van der Waals surface area contributed by atoms with Gasteiger partial charge in [0.1, 0.15) is 0 Å². The summed E-state index contributed by atoms with van der Waals surface area (Å²) < 4.78 is 56.2. The quantitative estimate of drug-likeness (QED) is 0.509. The van der Waals surface area contributed by atoms with Gasteiger partial charge in [0.25, 0.3) is 0 Å². The number of rotatable bonds is 5. The number of ether oxygens (including phenoxy) is 1. The first-order valence-corrected chi connectivity index (χ1v) is 5.76. The van der Waals surface area contributed by atoms with Gasteiger partial charge in [-0.3, -0.25) is 0 Å². The monoisotopic (exact) mass is 279 g/mol. The van der Waals surface area contributed by atoms with E-state index in [2.05, 4.69) is 10.1 Å². The van der Waals surface area contributed by atoms with Gasteiger partial charge < -0.3 is 10.1 Å². The topological polar surface area (TPSA) is 38.3 Å². The molecule has 0 bridgehead atoms. The van der Waals surface area contributed by atoms with Crippen molar-refractivity contribution in [3.05, 3.63) is 29.3 Å². The van der Waals surface area contributed by atoms with E-state index in [1.807, 2.05) is 6.92 Å². The van der Waals surface area contributed by atoms with Crippen LogP contribution in [0.15, 0.2) is 6.07 Å². The Bertz CT molecular complexity index is 439. The normalized spacial score (nSPS) is 10.4. The van der Waals surface area contributed by atoms with E-state index >= 15 is 0 Å². The molecule has 0 saturated heterocycles. The van der Waals surface area contributed by atoms with Crippen molar-refractivity contribution in [1.29, 1.82) is 0 Å². The van der Waals surface area contributed by atoms with E-state index in [1.54, 1.807) is 0 Å². The molecule has 0 aliphatic rings. The molecule has 0 heterocycles. The number of carbonyl (C=O) groups excluding carboxylic acids is 1. The Hall–Kier alpha value is -1.79. The van der Waals surface area contributed by atoms with Crippen molar-refractivity contribution in [1.82, 2.24) is 5.32 Å². The highest BCUT2D eigenvalue weighted by Gasteiger charge is 2.22. The predicted molar refractivity (Wildman–Crippen MR) is 59.8 cm³/mol. The molecule has 0 aromatic heterocycles. The third-order valence-corrected chi connectivity index (χ3v) is 2.32. The number of halogens is 4. The Morgan fingerprint density at radius 3 is 2.26 bits per heavy atom. The molecule has 0 spiro atoms. The summed E-state index contributed by atoms with van der Waals surface area (Å²) in [6.07, 6.45) is 1.28. The van der Waals surface area contributed by atoms with Gasteiger partial charge in [0.05, 0.1) is 0 Å². The van der Waals surface area contributed by atoms with E-state index in [1.165, 1.54) is 0 Å². The molecule has 1 rings (SSSR count). The van der Waals surface area contributed by atoms with Crippen molar-refractivity contribution in [3.63, 3.8) is 0 Å². The summed E-state index contributed by atoms with van der Waals surface area (Å²) >= 11 is 0. The van der Waals surface area contributed by atoms with E-state index in [9.17, 15) is 22.4 Å². The smallest absolute Gasteiger partial charge is 0.404 e. The Morgan fingerprint density at radius 2 is 1.74 bits per heavy atom. The van der Waals surface area contributed by atoms with Crippen molar-refractivity contribution in [2.45, 2.75) is 26.2 Å². The Kier molecular flexibility index (Phi) is 5.59. The molecule has 106 valence electrons. The van der Waals surface area contributed by atoms with Crippen molar-refractivity contribution < 1.29 is 27.1 Å². The molecule has 0 aliphatic carbocycles. The van der Waals surface area contributed by atoms with Gasteiger partial charge in [-0.15, -0.1) is 0 Å². The van der Waals surface area contributed by atoms with Gasteiger partial charge in [-0.2, -0.15) is 8.78 Å². The summed E-state index contributed by atoms with van der Waals surface area (Å²) in [5, 5.41) is 2.22. The molecular formula is C12H13F4NO2. The molecule has 3 nitrogen and oxygen atoms in total. The van der Waals surface area contributed by atoms with E-state index < -0.39 is 35.1 Å². The van der Waals surface area contributed by atoms with Crippen LogP contribution in [0, 0.1) is 23.3 Å². The number of hydrogen-bond donors (Lipinski definition) is 1. The van der Waals surface area contributed by atoms with Crippen LogP contribution in [0.3, 0.4) is 0 Å². The Morgan fingerprint density at radius 1 is 1.16 bits per heavy atom. The SMILES string of the molecule is CCCCCNC(=O)Oc1c(F)c(F)cc(F)c1F. The number of amides is 1. The molecule has 0 saturated carbocycles. The molecule has 19 heavy (non-hydrogen) atoms. The molecule has 1 N–H and O–H groups in total. The zero-order chi connectivity index (χ0) is 14.4. The van der Waals surface area contributed by atoms with Crippen LogP contribution in [0.1, 0.15) is 26.2 Å². The van der Waals surface area contributed by atoms with Crippen molar-refractivity contribution in [3.8, 4) is 5.75 Å². The minimum absolute atomic E-state index is 0.0384. The number of unbranched alkanes of at least 4 members (excludes halogenated alkanes) is 2. The van der Waals surface area contributed by atoms with Crippen LogP contribution in [0.5, 0.6) is 5.75 Å². The lowest BCUT2D eigenvalue weighted by atomic mass is 10.2. The van der Waals surface area contributed by atoms with Gasteiger partial charge >= 0.3 is 6.09 Å². The van der Waals surface area contributed by atoms with Crippen LogP contribution in [0.25, 0.3) is 0 Å². The lowest BCUT2D eigenvalue weighted by molar-refractivity contribution is 0.194. The molecule has 1 amide bonds. The van der Waals surface area contributed by atoms with Crippen molar-refractivity contribution in [2.75, 3.05) is 6.54 Å². The molecule has 0 atom stereocenters. The Balaban J connectivity index is 2.69. The van der Waals surface area contributed by atoms with Crippen LogP contribution >= 0.6 is 0 Å². The van der Waals surface area contributed by atoms with E-state index in [4.69, 9.17) is 0 Å². The number of carbonyl (C=O) groups is 1. The van der Waals surface area contributed by atoms with E-state index in [0.29, 0.717) is 6.42 Å². The third kappa shape index (κ3) is 4.11. The molecular weight excluding hydrogens is 266 g/mol. The summed E-state index contributed by atoms with van der Waals surface area (Å²) in [4.78, 5) is 11.2. The zero-order valence-electron chi connectivity index (χ0n) is 10.2. The maximum atomic E-state index is 13.2. The van der Waals surface area contributed by atoms with Crippen LogP contribution in [-0.2, 0) is 0 Å². The molecule has 0 fully saturated rings. The van der Waals surface area contributed by atoms with Gasteiger partial charge in [-0.25, -0.2) is 13.6 Å². The number of nitrogens with one attached hydrogen (secondary N) is 1. The average molecular weight is 279 g/mol. The first kappa shape index (κ1) is 15.3. The highest BCUT2D eigenvalue weighted by Crippen LogP contribution is 2.26. The first-order valence-electron chi connectivity index (χ1n) is 5.76. The molecule has 1 aromatic rings. The summed E-state index contributed by atoms with van der Waals surface area (Å²) in [6.45, 7) is 2.20. The fourth-order valence-electron chi connectivity index (χ4n) is 1.34. The van der Waals surface area contributed by atoms with Crippen LogP contribution in [0.4, 0.5) is 22.4 Å². The van der Waals surface area contributed by atoms with Crippen molar-refractivity contribution >= 4 is 6.09 Å². The fraction of sp³-hybridized carbons (Fsp3) is 0.417. The minimum atomic E-state index is -1.75. The molecule has 1 aromatic carbocycles. The maximum Gasteiger partial charge on any atom is 0.412 e. The Labute approximate surface area is 107 Å². The molecule has 7 heteroatoms. The average Bonchev–Trinajstić information content (AvgIpc) is 2.37. The van der Waals surface area contributed by atoms with Gasteiger partial charge in [0, 0.05) is 12.6 Å². The minimum Gasteiger partial charge on any atom is -0.404 e. The van der Waals surface area contributed by atoms with E-state index in [-0.39, 0.29) is 12.6 Å². The van der Waals surface area contributed by atoms with Crippen LogP contribution in [-0.4, -0.2) is 12.6 Å². The van der Waals surface area contributed by atoms with Gasteiger partial charge in [0.15, 0.2) is 11.6 Å². The highest BCUT2D eigenvalue weighted by atomic mass is 19.2. The predicted octanol–water partition coefficient (Wildman–Crippen LogP) is 3.52. The van der Waals surface area contributed by atoms with Crippen molar-refractivity contribution in [2.24, 2.45) is 0 Å². The molecule has 0 unspecified atom stereocenters.